The van der Waals surface area contributed by atoms with Crippen LogP contribution >= 0.6 is 11.6 Å². The molecule has 1 aromatic rings. The summed E-state index contributed by atoms with van der Waals surface area (Å²) in [6.07, 6.45) is 1.90. The number of nitrogens with one attached hydrogen (secondary N) is 1. The van der Waals surface area contributed by atoms with Crippen molar-refractivity contribution >= 4 is 33.0 Å². The molecule has 110 valence electrons. The topological polar surface area (TPSA) is 119 Å². The van der Waals surface area contributed by atoms with Gasteiger partial charge in [-0.25, -0.2) is 13.4 Å². The third-order valence-electron chi connectivity index (χ3n) is 2.22. The third-order valence-corrected chi connectivity index (χ3v) is 3.53. The highest BCUT2D eigenvalue weighted by Crippen LogP contribution is 2.20. The maximum absolute atomic E-state index is 11.9. The average Bonchev–Trinajstić information content (AvgIpc) is 2.25. The number of carbonyl (C=O) groups excluding carboxylic acids is 1. The lowest BCUT2D eigenvalue weighted by atomic mass is 10.2. The smallest absolute Gasteiger partial charge is 0.300 e. The van der Waals surface area contributed by atoms with E-state index in [0.717, 1.165) is 18.5 Å². The van der Waals surface area contributed by atoms with Gasteiger partial charge in [-0.05, 0) is 13.0 Å². The molecule has 1 N–H and O–H groups in total. The van der Waals surface area contributed by atoms with Crippen LogP contribution in [0.1, 0.15) is 17.3 Å². The molecule has 0 fully saturated rings. The van der Waals surface area contributed by atoms with Gasteiger partial charge in [-0.2, -0.15) is 0 Å². The van der Waals surface area contributed by atoms with E-state index < -0.39 is 32.4 Å². The van der Waals surface area contributed by atoms with E-state index in [1.165, 1.54) is 6.92 Å². The van der Waals surface area contributed by atoms with Gasteiger partial charge in [-0.3, -0.25) is 14.9 Å². The molecule has 8 nitrogen and oxygen atoms in total. The van der Waals surface area contributed by atoms with E-state index in [2.05, 4.69) is 10.3 Å². The molecule has 0 radical (unpaired) electrons. The highest BCUT2D eigenvalue weighted by atomic mass is 35.5. The minimum absolute atomic E-state index is 0.0727. The summed E-state index contributed by atoms with van der Waals surface area (Å²) in [6, 6.07) is 0.367. The van der Waals surface area contributed by atoms with Crippen molar-refractivity contribution in [3.05, 3.63) is 33.1 Å². The third kappa shape index (κ3) is 4.74. The Kier molecular flexibility index (Phi) is 5.01. The van der Waals surface area contributed by atoms with Crippen LogP contribution in [-0.2, 0) is 9.84 Å². The zero-order valence-electron chi connectivity index (χ0n) is 10.7. The predicted molar refractivity (Wildman–Crippen MR) is 72.5 cm³/mol. The normalized spacial score (nSPS) is 12.8. The highest BCUT2D eigenvalue weighted by molar-refractivity contribution is 7.90. The zero-order chi connectivity index (χ0) is 15.5. The van der Waals surface area contributed by atoms with Crippen LogP contribution in [0.15, 0.2) is 12.3 Å². The van der Waals surface area contributed by atoms with Crippen molar-refractivity contribution in [3.63, 3.8) is 0 Å². The molecule has 0 aliphatic heterocycles. The van der Waals surface area contributed by atoms with Crippen LogP contribution in [0, 0.1) is 10.1 Å². The van der Waals surface area contributed by atoms with E-state index in [9.17, 15) is 23.3 Å². The summed E-state index contributed by atoms with van der Waals surface area (Å²) in [5, 5.41) is 13.1. The number of sulfone groups is 1. The van der Waals surface area contributed by atoms with Gasteiger partial charge < -0.3 is 5.32 Å². The number of hydrogen-bond donors (Lipinski definition) is 1. The lowest BCUT2D eigenvalue weighted by molar-refractivity contribution is -0.385. The van der Waals surface area contributed by atoms with E-state index in [4.69, 9.17) is 11.6 Å². The fraction of sp³-hybridized carbons (Fsp3) is 0.400. The molecule has 0 aromatic carbocycles. The molecule has 10 heteroatoms. The number of carbonyl (C=O) groups is 1. The molecule has 1 atom stereocenters. The van der Waals surface area contributed by atoms with Crippen molar-refractivity contribution in [3.8, 4) is 0 Å². The monoisotopic (exact) mass is 321 g/mol. The van der Waals surface area contributed by atoms with Crippen LogP contribution in [0.25, 0.3) is 0 Å². The maximum atomic E-state index is 11.9. The van der Waals surface area contributed by atoms with Gasteiger partial charge in [0.25, 0.3) is 11.6 Å². The number of pyridine rings is 1. The molecule has 0 bridgehead atoms. The molecule has 0 saturated carbocycles. The summed E-state index contributed by atoms with van der Waals surface area (Å²) in [4.78, 5) is 25.5. The standard InChI is InChI=1S/C10H12ClN3O5S/c1-6(5-20(2,18)19)13-10(15)7-3-9(11)12-4-8(7)14(16)17/h3-4,6H,5H2,1-2H3,(H,13,15). The number of aromatic nitrogens is 1. The molecule has 0 aliphatic carbocycles. The largest absolute Gasteiger partial charge is 0.348 e. The maximum Gasteiger partial charge on any atom is 0.300 e. The molecule has 0 spiro atoms. The second-order valence-electron chi connectivity index (χ2n) is 4.25. The molecule has 1 rings (SSSR count). The van der Waals surface area contributed by atoms with Crippen LogP contribution < -0.4 is 5.32 Å². The van der Waals surface area contributed by atoms with Crippen LogP contribution in [0.2, 0.25) is 5.15 Å². The van der Waals surface area contributed by atoms with E-state index >= 15 is 0 Å². The first-order chi connectivity index (χ1) is 9.10. The van der Waals surface area contributed by atoms with E-state index in [0.29, 0.717) is 0 Å². The van der Waals surface area contributed by atoms with Gasteiger partial charge in [-0.1, -0.05) is 11.6 Å². The summed E-state index contributed by atoms with van der Waals surface area (Å²) in [5.41, 5.74) is -0.770. The lowest BCUT2D eigenvalue weighted by Crippen LogP contribution is -2.37. The van der Waals surface area contributed by atoms with Crippen LogP contribution in [0.5, 0.6) is 0 Å². The molecule has 1 aromatic heterocycles. The minimum atomic E-state index is -3.27. The summed E-state index contributed by atoms with van der Waals surface area (Å²) >= 11 is 5.60. The molecule has 20 heavy (non-hydrogen) atoms. The van der Waals surface area contributed by atoms with Crippen LogP contribution in [-0.4, -0.2) is 42.3 Å². The number of nitro groups is 1. The fourth-order valence-electron chi connectivity index (χ4n) is 1.55. The first-order valence-electron chi connectivity index (χ1n) is 5.38. The lowest BCUT2D eigenvalue weighted by Gasteiger charge is -2.12. The van der Waals surface area contributed by atoms with Crippen molar-refractivity contribution < 1.29 is 18.1 Å². The average molecular weight is 322 g/mol. The number of amides is 1. The zero-order valence-corrected chi connectivity index (χ0v) is 12.2. The summed E-state index contributed by atoms with van der Waals surface area (Å²) in [6.45, 7) is 1.48. The molecule has 1 amide bonds. The van der Waals surface area contributed by atoms with Crippen molar-refractivity contribution in [1.29, 1.82) is 0 Å². The van der Waals surface area contributed by atoms with Crippen molar-refractivity contribution in [2.24, 2.45) is 0 Å². The first-order valence-corrected chi connectivity index (χ1v) is 7.82. The number of rotatable bonds is 5. The van der Waals surface area contributed by atoms with Crippen LogP contribution in [0.4, 0.5) is 5.69 Å². The quantitative estimate of drug-likeness (QED) is 0.487. The molecular weight excluding hydrogens is 310 g/mol. The van der Waals surface area contributed by atoms with Gasteiger partial charge in [0.1, 0.15) is 26.8 Å². The first kappa shape index (κ1) is 16.3. The van der Waals surface area contributed by atoms with Gasteiger partial charge in [0.2, 0.25) is 0 Å². The molecule has 1 unspecified atom stereocenters. The molecular formula is C10H12ClN3O5S. The Morgan fingerprint density at radius 3 is 2.70 bits per heavy atom. The second-order valence-corrected chi connectivity index (χ2v) is 6.82. The van der Waals surface area contributed by atoms with Crippen molar-refractivity contribution in [2.75, 3.05) is 12.0 Å². The van der Waals surface area contributed by atoms with E-state index in [1.807, 2.05) is 0 Å². The van der Waals surface area contributed by atoms with Gasteiger partial charge in [0.15, 0.2) is 0 Å². The Hall–Kier alpha value is -1.74. The Labute approximate surface area is 120 Å². The Balaban J connectivity index is 2.98. The second kappa shape index (κ2) is 6.14. The van der Waals surface area contributed by atoms with Gasteiger partial charge >= 0.3 is 0 Å². The van der Waals surface area contributed by atoms with Crippen LogP contribution in [0.3, 0.4) is 0 Å². The Morgan fingerprint density at radius 2 is 2.20 bits per heavy atom. The van der Waals surface area contributed by atoms with Gasteiger partial charge in [0.05, 0.1) is 10.7 Å². The summed E-state index contributed by atoms with van der Waals surface area (Å²) in [5.74, 6) is -1.05. The number of hydrogen-bond acceptors (Lipinski definition) is 6. The Bertz CT molecular complexity index is 646. The van der Waals surface area contributed by atoms with Crippen molar-refractivity contribution in [2.45, 2.75) is 13.0 Å². The summed E-state index contributed by atoms with van der Waals surface area (Å²) < 4.78 is 22.2. The van der Waals surface area contributed by atoms with Gasteiger partial charge in [-0.15, -0.1) is 0 Å². The SMILES string of the molecule is CC(CS(C)(=O)=O)NC(=O)c1cc(Cl)ncc1[N+](=O)[O-]. The molecule has 0 saturated heterocycles. The highest BCUT2D eigenvalue weighted by Gasteiger charge is 2.23. The van der Waals surface area contributed by atoms with Gasteiger partial charge in [0, 0.05) is 12.3 Å². The van der Waals surface area contributed by atoms with E-state index in [1.54, 1.807) is 0 Å². The Morgan fingerprint density at radius 1 is 1.60 bits per heavy atom. The number of halogens is 1. The number of nitrogens with zero attached hydrogens (tertiary/aromatic N) is 2. The minimum Gasteiger partial charge on any atom is -0.348 e. The fourth-order valence-corrected chi connectivity index (χ4v) is 2.70. The summed E-state index contributed by atoms with van der Waals surface area (Å²) in [7, 11) is -3.27. The molecule has 1 heterocycles. The van der Waals surface area contributed by atoms with E-state index in [-0.39, 0.29) is 16.5 Å². The molecule has 0 aliphatic rings. The predicted octanol–water partition coefficient (Wildman–Crippen LogP) is 0.806. The van der Waals surface area contributed by atoms with Crippen molar-refractivity contribution in [1.82, 2.24) is 10.3 Å².